The average Bonchev–Trinajstić information content (AvgIpc) is 3.24. The number of rotatable bonds is 9. The molecule has 1 saturated heterocycles. The molecule has 1 aliphatic heterocycles. The third kappa shape index (κ3) is 6.02. The predicted octanol–water partition coefficient (Wildman–Crippen LogP) is 4.87. The molecular weight excluding hydrogens is 446 g/mol. The van der Waals surface area contributed by atoms with Crippen molar-refractivity contribution in [2.45, 2.75) is 16.2 Å². The van der Waals surface area contributed by atoms with E-state index < -0.39 is 0 Å². The van der Waals surface area contributed by atoms with Crippen molar-refractivity contribution in [3.63, 3.8) is 0 Å². The number of carbonyl (C=O) groups is 1. The molecule has 164 valence electrons. The van der Waals surface area contributed by atoms with E-state index in [0.29, 0.717) is 13.0 Å². The van der Waals surface area contributed by atoms with Gasteiger partial charge in [-0.25, -0.2) is 4.98 Å². The fraction of sp³-hybridized carbons (Fsp3) is 0.391. The molecule has 2 heterocycles. The Morgan fingerprint density at radius 3 is 2.74 bits per heavy atom. The van der Waals surface area contributed by atoms with Crippen LogP contribution in [-0.2, 0) is 9.53 Å². The first kappa shape index (κ1) is 22.6. The molecule has 0 aliphatic carbocycles. The molecule has 0 spiro atoms. The Labute approximate surface area is 196 Å². The van der Waals surface area contributed by atoms with Gasteiger partial charge in [0.2, 0.25) is 5.91 Å². The zero-order valence-electron chi connectivity index (χ0n) is 17.7. The summed E-state index contributed by atoms with van der Waals surface area (Å²) in [6, 6.07) is 16.5. The van der Waals surface area contributed by atoms with Gasteiger partial charge in [0.25, 0.3) is 0 Å². The maximum Gasteiger partial charge on any atom is 0.229 e. The molecule has 0 N–H and O–H groups in total. The molecular formula is C23H27N3O2S3. The second-order valence-corrected chi connectivity index (χ2v) is 10.2. The van der Waals surface area contributed by atoms with Crippen molar-refractivity contribution in [3.05, 3.63) is 48.5 Å². The van der Waals surface area contributed by atoms with Crippen LogP contribution in [0.15, 0.2) is 58.3 Å². The number of amides is 1. The number of aromatic nitrogens is 1. The van der Waals surface area contributed by atoms with Gasteiger partial charge in [-0.1, -0.05) is 35.6 Å². The van der Waals surface area contributed by atoms with E-state index in [9.17, 15) is 4.79 Å². The van der Waals surface area contributed by atoms with Crippen LogP contribution in [0, 0.1) is 0 Å². The van der Waals surface area contributed by atoms with Crippen molar-refractivity contribution in [2.24, 2.45) is 0 Å². The van der Waals surface area contributed by atoms with Crippen LogP contribution < -0.4 is 4.90 Å². The number of fused-ring (bicyclic) bond motifs is 1. The fourth-order valence-corrected chi connectivity index (χ4v) is 6.02. The fourth-order valence-electron chi connectivity index (χ4n) is 3.49. The lowest BCUT2D eigenvalue weighted by atomic mass is 10.3. The van der Waals surface area contributed by atoms with E-state index in [2.05, 4.69) is 41.5 Å². The molecule has 1 fully saturated rings. The van der Waals surface area contributed by atoms with Crippen LogP contribution in [0.25, 0.3) is 10.2 Å². The highest BCUT2D eigenvalue weighted by Crippen LogP contribution is 2.34. The Morgan fingerprint density at radius 2 is 1.97 bits per heavy atom. The molecule has 4 rings (SSSR count). The summed E-state index contributed by atoms with van der Waals surface area (Å²) in [6.45, 7) is 4.86. The summed E-state index contributed by atoms with van der Waals surface area (Å²) < 4.78 is 6.59. The lowest BCUT2D eigenvalue weighted by Gasteiger charge is -2.29. The first-order valence-electron chi connectivity index (χ1n) is 10.5. The lowest BCUT2D eigenvalue weighted by molar-refractivity contribution is -0.118. The van der Waals surface area contributed by atoms with Crippen molar-refractivity contribution in [3.8, 4) is 0 Å². The van der Waals surface area contributed by atoms with Gasteiger partial charge in [0.15, 0.2) is 5.13 Å². The van der Waals surface area contributed by atoms with Gasteiger partial charge in [-0.3, -0.25) is 14.6 Å². The number of thiazole rings is 1. The van der Waals surface area contributed by atoms with Crippen molar-refractivity contribution >= 4 is 56.1 Å². The van der Waals surface area contributed by atoms with Gasteiger partial charge in [0.05, 0.1) is 23.4 Å². The largest absolute Gasteiger partial charge is 0.379 e. The molecule has 0 atom stereocenters. The molecule has 2 aromatic carbocycles. The summed E-state index contributed by atoms with van der Waals surface area (Å²) in [5.74, 6) is 0.902. The van der Waals surface area contributed by atoms with Crippen molar-refractivity contribution in [1.29, 1.82) is 0 Å². The number of anilines is 1. The Balaban J connectivity index is 1.48. The average molecular weight is 474 g/mol. The predicted molar refractivity (Wildman–Crippen MR) is 133 cm³/mol. The van der Waals surface area contributed by atoms with Crippen LogP contribution in [0.1, 0.15) is 6.42 Å². The van der Waals surface area contributed by atoms with Gasteiger partial charge in [-0.05, 0) is 30.5 Å². The SMILES string of the molecule is CSc1cccc2sc(N(CCN3CCOCC3)C(=O)CCSc3ccccc3)nc12. The third-order valence-corrected chi connectivity index (χ3v) is 8.02. The standard InChI is InChI=1S/C23H27N3O2S3/c1-29-19-8-5-9-20-22(19)24-23(31-20)26(12-11-25-13-15-28-16-14-25)21(27)10-17-30-18-6-3-2-4-7-18/h2-9H,10-17H2,1H3. The molecule has 3 aromatic rings. The molecule has 0 radical (unpaired) electrons. The van der Waals surface area contributed by atoms with Crippen molar-refractivity contribution < 1.29 is 9.53 Å². The van der Waals surface area contributed by atoms with Gasteiger partial charge in [-0.2, -0.15) is 0 Å². The van der Waals surface area contributed by atoms with Crippen LogP contribution in [0.2, 0.25) is 0 Å². The summed E-state index contributed by atoms with van der Waals surface area (Å²) in [7, 11) is 0. The minimum absolute atomic E-state index is 0.140. The number of hydrogen-bond acceptors (Lipinski definition) is 7. The maximum atomic E-state index is 13.3. The number of para-hydroxylation sites is 1. The summed E-state index contributed by atoms with van der Waals surface area (Å²) in [5, 5.41) is 0.805. The lowest BCUT2D eigenvalue weighted by Crippen LogP contribution is -2.43. The monoisotopic (exact) mass is 473 g/mol. The van der Waals surface area contributed by atoms with E-state index in [1.807, 2.05) is 23.1 Å². The number of hydrogen-bond donors (Lipinski definition) is 0. The smallest absolute Gasteiger partial charge is 0.229 e. The quantitative estimate of drug-likeness (QED) is 0.413. The van der Waals surface area contributed by atoms with Crippen molar-refractivity contribution in [1.82, 2.24) is 9.88 Å². The number of morpholine rings is 1. The van der Waals surface area contributed by atoms with Gasteiger partial charge in [0, 0.05) is 48.1 Å². The number of nitrogens with zero attached hydrogens (tertiary/aromatic N) is 3. The van der Waals surface area contributed by atoms with E-state index in [0.717, 1.165) is 58.8 Å². The van der Waals surface area contributed by atoms with E-state index in [4.69, 9.17) is 9.72 Å². The number of thioether (sulfide) groups is 2. The second kappa shape index (κ2) is 11.3. The maximum absolute atomic E-state index is 13.3. The van der Waals surface area contributed by atoms with E-state index in [1.165, 1.54) is 4.90 Å². The van der Waals surface area contributed by atoms with E-state index in [-0.39, 0.29) is 5.91 Å². The van der Waals surface area contributed by atoms with Gasteiger partial charge in [-0.15, -0.1) is 23.5 Å². The summed E-state index contributed by atoms with van der Waals surface area (Å²) in [5.41, 5.74) is 0.998. The number of ether oxygens (including phenoxy) is 1. The minimum atomic E-state index is 0.140. The summed E-state index contributed by atoms with van der Waals surface area (Å²) in [4.78, 5) is 24.8. The Kier molecular flexibility index (Phi) is 8.27. The van der Waals surface area contributed by atoms with Crippen molar-refractivity contribution in [2.75, 3.05) is 56.3 Å². The van der Waals surface area contributed by atoms with Crippen LogP contribution in [-0.4, -0.2) is 67.2 Å². The second-order valence-electron chi connectivity index (χ2n) is 7.21. The van der Waals surface area contributed by atoms with Crippen LogP contribution in [0.5, 0.6) is 0 Å². The van der Waals surface area contributed by atoms with Crippen LogP contribution >= 0.6 is 34.9 Å². The van der Waals surface area contributed by atoms with E-state index >= 15 is 0 Å². The zero-order chi connectivity index (χ0) is 21.5. The molecule has 1 amide bonds. The van der Waals surface area contributed by atoms with Crippen LogP contribution in [0.3, 0.4) is 0 Å². The first-order chi connectivity index (χ1) is 15.2. The first-order valence-corrected chi connectivity index (χ1v) is 13.5. The highest BCUT2D eigenvalue weighted by molar-refractivity contribution is 7.99. The molecule has 1 aliphatic rings. The molecule has 5 nitrogen and oxygen atoms in total. The van der Waals surface area contributed by atoms with Crippen LogP contribution in [0.4, 0.5) is 5.13 Å². The highest BCUT2D eigenvalue weighted by atomic mass is 32.2. The minimum Gasteiger partial charge on any atom is -0.379 e. The third-order valence-electron chi connectivity index (χ3n) is 5.19. The normalized spacial score (nSPS) is 14.7. The van der Waals surface area contributed by atoms with Gasteiger partial charge >= 0.3 is 0 Å². The summed E-state index contributed by atoms with van der Waals surface area (Å²) in [6.07, 6.45) is 2.56. The topological polar surface area (TPSA) is 45.7 Å². The Hall–Kier alpha value is -1.58. The Bertz CT molecular complexity index is 990. The highest BCUT2D eigenvalue weighted by Gasteiger charge is 2.22. The van der Waals surface area contributed by atoms with E-state index in [1.54, 1.807) is 34.9 Å². The zero-order valence-corrected chi connectivity index (χ0v) is 20.1. The molecule has 0 saturated carbocycles. The molecule has 0 unspecified atom stereocenters. The molecule has 0 bridgehead atoms. The van der Waals surface area contributed by atoms with Gasteiger partial charge < -0.3 is 4.74 Å². The molecule has 31 heavy (non-hydrogen) atoms. The van der Waals surface area contributed by atoms with Gasteiger partial charge in [0.1, 0.15) is 0 Å². The molecule has 8 heteroatoms. The molecule has 1 aromatic heterocycles. The number of benzene rings is 2. The number of carbonyl (C=O) groups excluding carboxylic acids is 1. The summed E-state index contributed by atoms with van der Waals surface area (Å²) >= 11 is 5.03. The Morgan fingerprint density at radius 1 is 1.16 bits per heavy atom.